The number of rotatable bonds is 4. The summed E-state index contributed by atoms with van der Waals surface area (Å²) in [7, 11) is 0. The topological polar surface area (TPSA) is 41.1 Å². The van der Waals surface area contributed by atoms with Crippen molar-refractivity contribution in [2.24, 2.45) is 0 Å². The maximum absolute atomic E-state index is 13.7. The van der Waals surface area contributed by atoms with E-state index >= 15 is 0 Å². The molecule has 0 spiro atoms. The lowest BCUT2D eigenvalue weighted by molar-refractivity contribution is -0.116. The first-order valence-corrected chi connectivity index (χ1v) is 7.45. The van der Waals surface area contributed by atoms with Crippen LogP contribution < -0.4 is 10.6 Å². The molecule has 0 saturated carbocycles. The fourth-order valence-corrected chi connectivity index (χ4v) is 2.45. The Bertz CT molecular complexity index is 842. The van der Waals surface area contributed by atoms with Crippen LogP contribution in [0, 0.1) is 5.82 Å². The summed E-state index contributed by atoms with van der Waals surface area (Å²) >= 11 is 0. The van der Waals surface area contributed by atoms with Crippen molar-refractivity contribution in [2.45, 2.75) is 13.0 Å². The molecule has 23 heavy (non-hydrogen) atoms. The van der Waals surface area contributed by atoms with Gasteiger partial charge in [-0.3, -0.25) is 4.79 Å². The molecule has 0 unspecified atom stereocenters. The molecule has 0 radical (unpaired) electrons. The van der Waals surface area contributed by atoms with E-state index in [0.717, 1.165) is 16.5 Å². The van der Waals surface area contributed by atoms with Crippen LogP contribution in [0.3, 0.4) is 0 Å². The predicted octanol–water partition coefficient (Wildman–Crippen LogP) is 4.42. The number of carbonyl (C=O) groups excluding carboxylic acids is 1. The van der Waals surface area contributed by atoms with Crippen molar-refractivity contribution in [1.82, 2.24) is 0 Å². The quantitative estimate of drug-likeness (QED) is 0.749. The van der Waals surface area contributed by atoms with Gasteiger partial charge < -0.3 is 10.6 Å². The summed E-state index contributed by atoms with van der Waals surface area (Å²) in [5.74, 6) is -0.595. The Morgan fingerprint density at radius 3 is 2.39 bits per heavy atom. The third-order valence-electron chi connectivity index (χ3n) is 3.69. The maximum atomic E-state index is 13.7. The van der Waals surface area contributed by atoms with Crippen LogP contribution in [0.2, 0.25) is 0 Å². The molecular weight excluding hydrogens is 291 g/mol. The monoisotopic (exact) mass is 308 g/mol. The zero-order chi connectivity index (χ0) is 16.2. The second-order valence-electron chi connectivity index (χ2n) is 5.36. The van der Waals surface area contributed by atoms with Crippen molar-refractivity contribution in [2.75, 3.05) is 10.6 Å². The lowest BCUT2D eigenvalue weighted by atomic mass is 10.1. The molecule has 0 aliphatic heterocycles. The molecule has 116 valence electrons. The van der Waals surface area contributed by atoms with Gasteiger partial charge in [-0.1, -0.05) is 48.5 Å². The first kappa shape index (κ1) is 15.0. The number of carbonyl (C=O) groups is 1. The van der Waals surface area contributed by atoms with E-state index in [0.29, 0.717) is 5.69 Å². The molecular formula is C19H17FN2O. The molecule has 3 nitrogen and oxygen atoms in total. The molecule has 4 heteroatoms. The Balaban J connectivity index is 1.77. The highest BCUT2D eigenvalue weighted by molar-refractivity contribution is 6.04. The molecule has 0 fully saturated rings. The third-order valence-corrected chi connectivity index (χ3v) is 3.69. The summed E-state index contributed by atoms with van der Waals surface area (Å²) in [5, 5.41) is 7.82. The molecule has 3 rings (SSSR count). The third kappa shape index (κ3) is 3.31. The van der Waals surface area contributed by atoms with Gasteiger partial charge in [-0.2, -0.15) is 0 Å². The van der Waals surface area contributed by atoms with Gasteiger partial charge in [0.25, 0.3) is 0 Å². The van der Waals surface area contributed by atoms with E-state index in [9.17, 15) is 9.18 Å². The van der Waals surface area contributed by atoms with E-state index in [-0.39, 0.29) is 11.7 Å². The molecule has 0 saturated heterocycles. The Morgan fingerprint density at radius 1 is 0.913 bits per heavy atom. The number of benzene rings is 3. The molecule has 3 aromatic carbocycles. The highest BCUT2D eigenvalue weighted by atomic mass is 19.1. The van der Waals surface area contributed by atoms with Crippen molar-refractivity contribution < 1.29 is 9.18 Å². The van der Waals surface area contributed by atoms with E-state index in [4.69, 9.17) is 0 Å². The van der Waals surface area contributed by atoms with Gasteiger partial charge in [0.1, 0.15) is 11.9 Å². The number of nitrogens with one attached hydrogen (secondary N) is 2. The standard InChI is InChI=1S/C19H17FN2O/c1-13(21-18-11-5-4-10-16(18)20)19(23)22-17-12-6-8-14-7-2-3-9-15(14)17/h2-13,21H,1H3,(H,22,23)/t13-/m1/s1. The summed E-state index contributed by atoms with van der Waals surface area (Å²) < 4.78 is 13.7. The number of hydrogen-bond donors (Lipinski definition) is 2. The number of para-hydroxylation sites is 1. The molecule has 1 atom stereocenters. The highest BCUT2D eigenvalue weighted by Gasteiger charge is 2.15. The normalized spacial score (nSPS) is 11.9. The number of fused-ring (bicyclic) bond motifs is 1. The van der Waals surface area contributed by atoms with Gasteiger partial charge in [0.15, 0.2) is 0 Å². The van der Waals surface area contributed by atoms with E-state index in [1.807, 2.05) is 42.5 Å². The molecule has 0 aliphatic carbocycles. The zero-order valence-electron chi connectivity index (χ0n) is 12.7. The van der Waals surface area contributed by atoms with Gasteiger partial charge in [-0.25, -0.2) is 4.39 Å². The first-order valence-electron chi connectivity index (χ1n) is 7.45. The van der Waals surface area contributed by atoms with Crippen molar-refractivity contribution in [3.8, 4) is 0 Å². The molecule has 2 N–H and O–H groups in total. The van der Waals surface area contributed by atoms with Crippen LogP contribution in [-0.4, -0.2) is 11.9 Å². The van der Waals surface area contributed by atoms with Gasteiger partial charge in [0, 0.05) is 11.1 Å². The number of anilines is 2. The molecule has 0 bridgehead atoms. The zero-order valence-corrected chi connectivity index (χ0v) is 12.7. The van der Waals surface area contributed by atoms with Crippen LogP contribution in [-0.2, 0) is 4.79 Å². The fraction of sp³-hybridized carbons (Fsp3) is 0.105. The van der Waals surface area contributed by atoms with Gasteiger partial charge in [0.05, 0.1) is 5.69 Å². The van der Waals surface area contributed by atoms with Gasteiger partial charge in [-0.05, 0) is 30.5 Å². The maximum Gasteiger partial charge on any atom is 0.246 e. The summed E-state index contributed by atoms with van der Waals surface area (Å²) in [5.41, 5.74) is 1.06. The van der Waals surface area contributed by atoms with Crippen LogP contribution in [0.5, 0.6) is 0 Å². The SMILES string of the molecule is C[C@@H](Nc1ccccc1F)C(=O)Nc1cccc2ccccc12. The number of halogens is 1. The van der Waals surface area contributed by atoms with Crippen LogP contribution in [0.1, 0.15) is 6.92 Å². The van der Waals surface area contributed by atoms with E-state index in [2.05, 4.69) is 10.6 Å². The Kier molecular flexibility index (Phi) is 4.24. The van der Waals surface area contributed by atoms with Crippen LogP contribution in [0.25, 0.3) is 10.8 Å². The van der Waals surface area contributed by atoms with Crippen molar-refractivity contribution in [3.63, 3.8) is 0 Å². The van der Waals surface area contributed by atoms with Crippen LogP contribution >= 0.6 is 0 Å². The van der Waals surface area contributed by atoms with E-state index in [1.165, 1.54) is 6.07 Å². The Hall–Kier alpha value is -2.88. The minimum absolute atomic E-state index is 0.218. The molecule has 3 aromatic rings. The van der Waals surface area contributed by atoms with E-state index in [1.54, 1.807) is 25.1 Å². The average Bonchev–Trinajstić information content (AvgIpc) is 2.57. The Morgan fingerprint density at radius 2 is 1.57 bits per heavy atom. The molecule has 0 aromatic heterocycles. The van der Waals surface area contributed by atoms with Crippen molar-refractivity contribution >= 4 is 28.1 Å². The minimum Gasteiger partial charge on any atom is -0.372 e. The lowest BCUT2D eigenvalue weighted by Gasteiger charge is -2.16. The van der Waals surface area contributed by atoms with Crippen molar-refractivity contribution in [3.05, 3.63) is 72.5 Å². The van der Waals surface area contributed by atoms with Gasteiger partial charge in [0.2, 0.25) is 5.91 Å². The number of hydrogen-bond acceptors (Lipinski definition) is 2. The second kappa shape index (κ2) is 6.48. The first-order chi connectivity index (χ1) is 11.1. The molecule has 1 amide bonds. The fourth-order valence-electron chi connectivity index (χ4n) is 2.45. The van der Waals surface area contributed by atoms with Crippen molar-refractivity contribution in [1.29, 1.82) is 0 Å². The largest absolute Gasteiger partial charge is 0.372 e. The van der Waals surface area contributed by atoms with Gasteiger partial charge in [-0.15, -0.1) is 0 Å². The summed E-state index contributed by atoms with van der Waals surface area (Å²) in [6, 6.07) is 19.3. The lowest BCUT2D eigenvalue weighted by Crippen LogP contribution is -2.32. The average molecular weight is 308 g/mol. The summed E-state index contributed by atoms with van der Waals surface area (Å²) in [6.45, 7) is 1.70. The van der Waals surface area contributed by atoms with Crippen LogP contribution in [0.4, 0.5) is 15.8 Å². The minimum atomic E-state index is -0.564. The molecule has 0 heterocycles. The molecule has 0 aliphatic rings. The summed E-state index contributed by atoms with van der Waals surface area (Å²) in [4.78, 5) is 12.4. The summed E-state index contributed by atoms with van der Waals surface area (Å²) in [6.07, 6.45) is 0. The van der Waals surface area contributed by atoms with E-state index < -0.39 is 6.04 Å². The highest BCUT2D eigenvalue weighted by Crippen LogP contribution is 2.23. The number of amides is 1. The predicted molar refractivity (Wildman–Crippen MR) is 92.1 cm³/mol. The Labute approximate surface area is 134 Å². The van der Waals surface area contributed by atoms with Crippen LogP contribution in [0.15, 0.2) is 66.7 Å². The smallest absolute Gasteiger partial charge is 0.246 e. The van der Waals surface area contributed by atoms with Gasteiger partial charge >= 0.3 is 0 Å². The second-order valence-corrected chi connectivity index (χ2v) is 5.36.